The van der Waals surface area contributed by atoms with E-state index in [2.05, 4.69) is 20.8 Å². The SMILES string of the molecule is CC(C)(C)CC(O)c1ccc(F)c2ccccc12. The summed E-state index contributed by atoms with van der Waals surface area (Å²) in [5, 5.41) is 11.7. The fourth-order valence-corrected chi connectivity index (χ4v) is 2.27. The maximum absolute atomic E-state index is 13.7. The van der Waals surface area contributed by atoms with Gasteiger partial charge in [0.05, 0.1) is 6.10 Å². The van der Waals surface area contributed by atoms with Gasteiger partial charge in [-0.3, -0.25) is 0 Å². The van der Waals surface area contributed by atoms with E-state index in [0.29, 0.717) is 11.8 Å². The third-order valence-electron chi connectivity index (χ3n) is 3.07. The van der Waals surface area contributed by atoms with Crippen molar-refractivity contribution in [3.05, 3.63) is 47.8 Å². The van der Waals surface area contributed by atoms with E-state index in [1.807, 2.05) is 18.2 Å². The van der Waals surface area contributed by atoms with Crippen molar-refractivity contribution >= 4 is 10.8 Å². The van der Waals surface area contributed by atoms with Crippen LogP contribution < -0.4 is 0 Å². The number of fused-ring (bicyclic) bond motifs is 1. The molecule has 2 aromatic rings. The van der Waals surface area contributed by atoms with Crippen molar-refractivity contribution in [2.75, 3.05) is 0 Å². The van der Waals surface area contributed by atoms with Crippen molar-refractivity contribution in [3.63, 3.8) is 0 Å². The van der Waals surface area contributed by atoms with Crippen LogP contribution in [-0.2, 0) is 0 Å². The van der Waals surface area contributed by atoms with Gasteiger partial charge in [0.1, 0.15) is 5.82 Å². The first-order valence-corrected chi connectivity index (χ1v) is 6.24. The molecule has 1 atom stereocenters. The molecule has 0 aliphatic rings. The number of rotatable bonds is 2. The van der Waals surface area contributed by atoms with E-state index < -0.39 is 6.10 Å². The average molecular weight is 246 g/mol. The molecule has 0 aliphatic carbocycles. The lowest BCUT2D eigenvalue weighted by molar-refractivity contribution is 0.123. The predicted molar refractivity (Wildman–Crippen MR) is 72.9 cm³/mol. The Labute approximate surface area is 107 Å². The first kappa shape index (κ1) is 13.0. The lowest BCUT2D eigenvalue weighted by Gasteiger charge is -2.23. The molecule has 2 aromatic carbocycles. The second kappa shape index (κ2) is 4.69. The summed E-state index contributed by atoms with van der Waals surface area (Å²) in [4.78, 5) is 0. The van der Waals surface area contributed by atoms with Gasteiger partial charge < -0.3 is 5.11 Å². The monoisotopic (exact) mass is 246 g/mol. The first-order chi connectivity index (χ1) is 8.38. The van der Waals surface area contributed by atoms with Crippen LogP contribution in [0, 0.1) is 11.2 Å². The van der Waals surface area contributed by atoms with E-state index in [0.717, 1.165) is 10.9 Å². The van der Waals surface area contributed by atoms with Gasteiger partial charge in [-0.15, -0.1) is 0 Å². The number of hydrogen-bond donors (Lipinski definition) is 1. The summed E-state index contributed by atoms with van der Waals surface area (Å²) < 4.78 is 13.7. The smallest absolute Gasteiger partial charge is 0.131 e. The molecular weight excluding hydrogens is 227 g/mol. The quantitative estimate of drug-likeness (QED) is 0.830. The highest BCUT2D eigenvalue weighted by molar-refractivity contribution is 5.86. The van der Waals surface area contributed by atoms with Crippen molar-refractivity contribution in [3.8, 4) is 0 Å². The average Bonchev–Trinajstić information content (AvgIpc) is 2.27. The van der Waals surface area contributed by atoms with Crippen molar-refractivity contribution in [1.82, 2.24) is 0 Å². The zero-order valence-electron chi connectivity index (χ0n) is 11.1. The second-order valence-corrected chi connectivity index (χ2v) is 5.96. The standard InChI is InChI=1S/C16H19FO/c1-16(2,3)10-15(18)13-8-9-14(17)12-7-5-4-6-11(12)13/h4-9,15,18H,10H2,1-3H3. The number of halogens is 1. The van der Waals surface area contributed by atoms with Crippen LogP contribution in [0.3, 0.4) is 0 Å². The number of aliphatic hydroxyl groups is 1. The molecule has 0 bridgehead atoms. The molecule has 0 spiro atoms. The molecule has 0 saturated heterocycles. The highest BCUT2D eigenvalue weighted by atomic mass is 19.1. The minimum Gasteiger partial charge on any atom is -0.388 e. The van der Waals surface area contributed by atoms with Gasteiger partial charge in [-0.2, -0.15) is 0 Å². The van der Waals surface area contributed by atoms with Crippen LogP contribution in [-0.4, -0.2) is 5.11 Å². The first-order valence-electron chi connectivity index (χ1n) is 6.24. The van der Waals surface area contributed by atoms with Crippen molar-refractivity contribution in [2.45, 2.75) is 33.3 Å². The maximum Gasteiger partial charge on any atom is 0.131 e. The highest BCUT2D eigenvalue weighted by Crippen LogP contribution is 2.33. The Morgan fingerprint density at radius 1 is 1.06 bits per heavy atom. The van der Waals surface area contributed by atoms with Gasteiger partial charge >= 0.3 is 0 Å². The molecule has 0 radical (unpaired) electrons. The molecule has 0 amide bonds. The number of benzene rings is 2. The van der Waals surface area contributed by atoms with E-state index in [-0.39, 0.29) is 11.2 Å². The normalized spacial score (nSPS) is 13.8. The van der Waals surface area contributed by atoms with E-state index in [1.165, 1.54) is 6.07 Å². The van der Waals surface area contributed by atoms with Crippen LogP contribution in [0.15, 0.2) is 36.4 Å². The predicted octanol–water partition coefficient (Wildman–Crippen LogP) is 4.45. The highest BCUT2D eigenvalue weighted by Gasteiger charge is 2.20. The molecule has 1 unspecified atom stereocenters. The van der Waals surface area contributed by atoms with Crippen molar-refractivity contribution in [2.24, 2.45) is 5.41 Å². The minimum atomic E-state index is -0.560. The summed E-state index contributed by atoms with van der Waals surface area (Å²) >= 11 is 0. The fourth-order valence-electron chi connectivity index (χ4n) is 2.27. The summed E-state index contributed by atoms with van der Waals surface area (Å²) in [6.07, 6.45) is 0.0957. The summed E-state index contributed by atoms with van der Waals surface area (Å²) in [7, 11) is 0. The van der Waals surface area contributed by atoms with Gasteiger partial charge in [-0.05, 0) is 28.9 Å². The van der Waals surface area contributed by atoms with Crippen molar-refractivity contribution in [1.29, 1.82) is 0 Å². The Balaban J connectivity index is 2.49. The van der Waals surface area contributed by atoms with Crippen LogP contribution in [0.5, 0.6) is 0 Å². The van der Waals surface area contributed by atoms with Gasteiger partial charge in [-0.1, -0.05) is 51.1 Å². The molecule has 1 nitrogen and oxygen atoms in total. The molecule has 2 heteroatoms. The van der Waals surface area contributed by atoms with Crippen LogP contribution in [0.25, 0.3) is 10.8 Å². The molecule has 2 rings (SSSR count). The zero-order valence-corrected chi connectivity index (χ0v) is 11.1. The zero-order chi connectivity index (χ0) is 13.3. The number of hydrogen-bond acceptors (Lipinski definition) is 1. The number of aliphatic hydroxyl groups excluding tert-OH is 1. The fraction of sp³-hybridized carbons (Fsp3) is 0.375. The summed E-state index contributed by atoms with van der Waals surface area (Å²) in [5.41, 5.74) is 0.844. The van der Waals surface area contributed by atoms with Crippen LogP contribution in [0.1, 0.15) is 38.9 Å². The van der Waals surface area contributed by atoms with Gasteiger partial charge in [0.25, 0.3) is 0 Å². The summed E-state index contributed by atoms with van der Waals surface area (Å²) in [6, 6.07) is 10.4. The lowest BCUT2D eigenvalue weighted by atomic mass is 9.85. The van der Waals surface area contributed by atoms with Crippen LogP contribution in [0.4, 0.5) is 4.39 Å². The lowest BCUT2D eigenvalue weighted by Crippen LogP contribution is -2.12. The van der Waals surface area contributed by atoms with Crippen LogP contribution >= 0.6 is 0 Å². The Morgan fingerprint density at radius 3 is 2.28 bits per heavy atom. The Bertz CT molecular complexity index is 555. The molecular formula is C16H19FO. The molecule has 96 valence electrons. The Hall–Kier alpha value is -1.41. The summed E-state index contributed by atoms with van der Waals surface area (Å²) in [6.45, 7) is 6.26. The van der Waals surface area contributed by atoms with E-state index in [1.54, 1.807) is 12.1 Å². The van der Waals surface area contributed by atoms with Crippen LogP contribution in [0.2, 0.25) is 0 Å². The van der Waals surface area contributed by atoms with Gasteiger partial charge in [0.2, 0.25) is 0 Å². The molecule has 18 heavy (non-hydrogen) atoms. The van der Waals surface area contributed by atoms with Crippen molar-refractivity contribution < 1.29 is 9.50 Å². The third-order valence-corrected chi connectivity index (χ3v) is 3.07. The second-order valence-electron chi connectivity index (χ2n) is 5.96. The third kappa shape index (κ3) is 2.70. The van der Waals surface area contributed by atoms with Gasteiger partial charge in [-0.25, -0.2) is 4.39 Å². The largest absolute Gasteiger partial charge is 0.388 e. The minimum absolute atomic E-state index is 0.0366. The topological polar surface area (TPSA) is 20.2 Å². The summed E-state index contributed by atoms with van der Waals surface area (Å²) in [5.74, 6) is -0.239. The Morgan fingerprint density at radius 2 is 1.67 bits per heavy atom. The molecule has 1 N–H and O–H groups in total. The van der Waals surface area contributed by atoms with Gasteiger partial charge in [0.15, 0.2) is 0 Å². The van der Waals surface area contributed by atoms with E-state index in [9.17, 15) is 9.50 Å². The van der Waals surface area contributed by atoms with E-state index in [4.69, 9.17) is 0 Å². The molecule has 0 aromatic heterocycles. The van der Waals surface area contributed by atoms with Gasteiger partial charge in [0, 0.05) is 5.39 Å². The molecule has 0 aliphatic heterocycles. The molecule has 0 heterocycles. The molecule has 0 fully saturated rings. The van der Waals surface area contributed by atoms with E-state index >= 15 is 0 Å². The Kier molecular flexibility index (Phi) is 3.40. The molecule has 0 saturated carbocycles. The maximum atomic E-state index is 13.7.